The second-order valence-corrected chi connectivity index (χ2v) is 11.3. The number of rotatable bonds is 9. The molecule has 0 spiro atoms. The third-order valence-electron chi connectivity index (χ3n) is 8.35. The Labute approximate surface area is 255 Å². The van der Waals surface area contributed by atoms with E-state index in [2.05, 4.69) is 10.2 Å². The Morgan fingerprint density at radius 3 is 2.43 bits per heavy atom. The van der Waals surface area contributed by atoms with Crippen LogP contribution in [0.2, 0.25) is 0 Å². The highest BCUT2D eigenvalue weighted by atomic mass is 19.1. The molecule has 0 radical (unpaired) electrons. The first-order valence-electron chi connectivity index (χ1n) is 14.9. The first-order chi connectivity index (χ1) is 21.4. The molecule has 1 atom stereocenters. The fourth-order valence-corrected chi connectivity index (χ4v) is 5.78. The van der Waals surface area contributed by atoms with Gasteiger partial charge in [0.2, 0.25) is 0 Å². The predicted molar refractivity (Wildman–Crippen MR) is 169 cm³/mol. The van der Waals surface area contributed by atoms with Gasteiger partial charge in [-0.3, -0.25) is 14.6 Å². The average molecular weight is 601 g/mol. The number of hydrogen-bond donors (Lipinski definition) is 1. The van der Waals surface area contributed by atoms with Crippen LogP contribution in [-0.2, 0) is 0 Å². The van der Waals surface area contributed by atoms with Crippen molar-refractivity contribution in [2.24, 2.45) is 5.92 Å². The maximum Gasteiger partial charge on any atom is 0.327 e. The molecule has 1 N–H and O–H groups in total. The number of hydrogen-bond acceptors (Lipinski definition) is 7. The van der Waals surface area contributed by atoms with Gasteiger partial charge in [-0.1, -0.05) is 12.1 Å². The molecule has 6 rings (SSSR count). The number of anilines is 2. The van der Waals surface area contributed by atoms with Gasteiger partial charge in [0.25, 0.3) is 5.56 Å². The van der Waals surface area contributed by atoms with Crippen LogP contribution in [0.4, 0.5) is 20.6 Å². The van der Waals surface area contributed by atoms with Gasteiger partial charge in [0.05, 0.1) is 36.9 Å². The van der Waals surface area contributed by atoms with Crippen LogP contribution in [-0.4, -0.2) is 67.5 Å². The van der Waals surface area contributed by atoms with E-state index >= 15 is 0 Å². The topological polar surface area (TPSA) is 92.2 Å². The number of para-hydroxylation sites is 1. The molecule has 1 saturated heterocycles. The highest BCUT2D eigenvalue weighted by Crippen LogP contribution is 2.37. The summed E-state index contributed by atoms with van der Waals surface area (Å²) in [6, 6.07) is 16.7. The van der Waals surface area contributed by atoms with Gasteiger partial charge in [-0.25, -0.2) is 18.8 Å². The van der Waals surface area contributed by atoms with Crippen LogP contribution in [0.25, 0.3) is 10.9 Å². The van der Waals surface area contributed by atoms with Crippen LogP contribution in [0.3, 0.4) is 0 Å². The molecule has 2 amide bonds. The van der Waals surface area contributed by atoms with Gasteiger partial charge in [0.15, 0.2) is 5.82 Å². The third kappa shape index (κ3) is 6.05. The summed E-state index contributed by atoms with van der Waals surface area (Å²) in [6.45, 7) is 5.91. The Balaban J connectivity index is 1.44. The smallest absolute Gasteiger partial charge is 0.327 e. The van der Waals surface area contributed by atoms with Crippen molar-refractivity contribution in [1.29, 1.82) is 0 Å². The molecule has 44 heavy (non-hydrogen) atoms. The molecule has 4 aromatic rings. The Morgan fingerprint density at radius 1 is 1.02 bits per heavy atom. The second-order valence-electron chi connectivity index (χ2n) is 11.3. The van der Waals surface area contributed by atoms with Crippen LogP contribution in [0.1, 0.15) is 31.6 Å². The number of methoxy groups -OCH3 is 2. The number of nitrogens with zero attached hydrogens (tertiary/aromatic N) is 5. The number of aromatic nitrogens is 2. The van der Waals surface area contributed by atoms with Crippen LogP contribution >= 0.6 is 0 Å². The van der Waals surface area contributed by atoms with Gasteiger partial charge in [-0.05, 0) is 74.2 Å². The third-order valence-corrected chi connectivity index (χ3v) is 8.35. The Kier molecular flexibility index (Phi) is 8.38. The number of halogens is 1. The number of ether oxygens (including phenoxy) is 2. The Hall–Kier alpha value is -4.64. The number of carbonyl (C=O) groups excluding carboxylic acids is 1. The minimum Gasteiger partial charge on any atom is -0.497 e. The molecule has 1 aromatic heterocycles. The number of amides is 2. The minimum atomic E-state index is -0.737. The van der Waals surface area contributed by atoms with Gasteiger partial charge in [0, 0.05) is 44.5 Å². The SMILES string of the molecule is COc1ccc(N(C(=O)Nc2ccc(F)cc2)C(C)c2nc3ccccc3c(=O)n2N2CCN(CC3CC3)CC2)c(OC)c1. The molecule has 2 heterocycles. The molecule has 2 aliphatic rings. The molecule has 1 aliphatic heterocycles. The predicted octanol–water partition coefficient (Wildman–Crippen LogP) is 5.02. The lowest BCUT2D eigenvalue weighted by molar-refractivity contribution is 0.228. The summed E-state index contributed by atoms with van der Waals surface area (Å²) in [5.41, 5.74) is 1.22. The van der Waals surface area contributed by atoms with Gasteiger partial charge in [-0.15, -0.1) is 0 Å². The summed E-state index contributed by atoms with van der Waals surface area (Å²) in [6.07, 6.45) is 2.58. The van der Waals surface area contributed by atoms with Gasteiger partial charge in [0.1, 0.15) is 17.3 Å². The Morgan fingerprint density at radius 2 is 1.75 bits per heavy atom. The van der Waals surface area contributed by atoms with Crippen LogP contribution in [0.15, 0.2) is 71.5 Å². The summed E-state index contributed by atoms with van der Waals surface area (Å²) < 4.78 is 26.4. The van der Waals surface area contributed by atoms with E-state index < -0.39 is 17.9 Å². The van der Waals surface area contributed by atoms with E-state index in [1.54, 1.807) is 36.1 Å². The van der Waals surface area contributed by atoms with Crippen molar-refractivity contribution in [1.82, 2.24) is 14.6 Å². The minimum absolute atomic E-state index is 0.186. The van der Waals surface area contributed by atoms with E-state index in [1.165, 1.54) is 49.1 Å². The van der Waals surface area contributed by atoms with E-state index in [0.29, 0.717) is 52.7 Å². The first-order valence-corrected chi connectivity index (χ1v) is 14.9. The maximum absolute atomic E-state index is 14.2. The van der Waals surface area contributed by atoms with Crippen molar-refractivity contribution >= 4 is 28.3 Å². The molecule has 10 nitrogen and oxygen atoms in total. The normalized spacial score (nSPS) is 16.0. The van der Waals surface area contributed by atoms with Crippen LogP contribution < -0.4 is 30.3 Å². The van der Waals surface area contributed by atoms with Crippen molar-refractivity contribution in [2.75, 3.05) is 62.2 Å². The van der Waals surface area contributed by atoms with Crippen LogP contribution in [0.5, 0.6) is 11.5 Å². The van der Waals surface area contributed by atoms with Crippen molar-refractivity contribution in [3.8, 4) is 11.5 Å². The van der Waals surface area contributed by atoms with E-state index in [0.717, 1.165) is 25.6 Å². The average Bonchev–Trinajstić information content (AvgIpc) is 3.87. The summed E-state index contributed by atoms with van der Waals surface area (Å²) in [4.78, 5) is 37.2. The fraction of sp³-hybridized carbons (Fsp3) is 0.364. The van der Waals surface area contributed by atoms with Crippen molar-refractivity contribution < 1.29 is 18.7 Å². The fourth-order valence-electron chi connectivity index (χ4n) is 5.78. The lowest BCUT2D eigenvalue weighted by Crippen LogP contribution is -2.56. The standard InChI is InChI=1S/C33H37FN6O4/c1-22(39(29-15-14-26(43-2)20-30(29)44-3)33(42)35-25-12-10-24(34)11-13-25)31-36-28-7-5-4-6-27(28)32(41)40(31)38-18-16-37(17-19-38)21-23-8-9-23/h4-7,10-15,20,22-23H,8-9,16-19,21H2,1-3H3,(H,35,42). The summed E-state index contributed by atoms with van der Waals surface area (Å²) in [7, 11) is 3.07. The molecule has 1 saturated carbocycles. The maximum atomic E-state index is 14.2. The van der Waals surface area contributed by atoms with Crippen molar-refractivity contribution in [3.05, 3.63) is 88.7 Å². The largest absolute Gasteiger partial charge is 0.497 e. The van der Waals surface area contributed by atoms with E-state index in [4.69, 9.17) is 14.5 Å². The number of urea groups is 1. The number of carbonyl (C=O) groups is 1. The number of piperazine rings is 1. The molecule has 1 unspecified atom stereocenters. The zero-order valence-corrected chi connectivity index (χ0v) is 25.2. The first kappa shape index (κ1) is 29.4. The zero-order chi connectivity index (χ0) is 30.8. The lowest BCUT2D eigenvalue weighted by atomic mass is 10.1. The highest BCUT2D eigenvalue weighted by Gasteiger charge is 2.33. The van der Waals surface area contributed by atoms with E-state index in [9.17, 15) is 14.0 Å². The highest BCUT2D eigenvalue weighted by molar-refractivity contribution is 6.03. The van der Waals surface area contributed by atoms with E-state index in [-0.39, 0.29) is 5.56 Å². The summed E-state index contributed by atoms with van der Waals surface area (Å²) >= 11 is 0. The van der Waals surface area contributed by atoms with Gasteiger partial charge >= 0.3 is 6.03 Å². The quantitative estimate of drug-likeness (QED) is 0.289. The Bertz CT molecular complexity index is 1700. The number of nitrogens with one attached hydrogen (secondary N) is 1. The second kappa shape index (κ2) is 12.5. The zero-order valence-electron chi connectivity index (χ0n) is 25.2. The number of benzene rings is 3. The summed E-state index contributed by atoms with van der Waals surface area (Å²) in [5.74, 6) is 1.74. The molecule has 0 bridgehead atoms. The van der Waals surface area contributed by atoms with Crippen LogP contribution in [0, 0.1) is 11.7 Å². The molecule has 3 aromatic carbocycles. The van der Waals surface area contributed by atoms with Crippen molar-refractivity contribution in [2.45, 2.75) is 25.8 Å². The molecule has 11 heteroatoms. The number of fused-ring (bicyclic) bond motifs is 1. The van der Waals surface area contributed by atoms with Crippen molar-refractivity contribution in [3.63, 3.8) is 0 Å². The molecule has 1 aliphatic carbocycles. The molecule has 2 fully saturated rings. The lowest BCUT2D eigenvalue weighted by Gasteiger charge is -2.39. The molecular formula is C33H37FN6O4. The van der Waals surface area contributed by atoms with Gasteiger partial charge < -0.3 is 19.8 Å². The van der Waals surface area contributed by atoms with Gasteiger partial charge in [-0.2, -0.15) is 0 Å². The monoisotopic (exact) mass is 600 g/mol. The molecule has 230 valence electrons. The molecular weight excluding hydrogens is 563 g/mol. The van der Waals surface area contributed by atoms with E-state index in [1.807, 2.05) is 30.1 Å². The summed E-state index contributed by atoms with van der Waals surface area (Å²) in [5, 5.41) is 5.42.